The Bertz CT molecular complexity index is 744. The van der Waals surface area contributed by atoms with E-state index in [1.807, 2.05) is 18.2 Å². The van der Waals surface area contributed by atoms with Gasteiger partial charge in [-0.3, -0.25) is 4.31 Å². The molecule has 3 aliphatic rings. The lowest BCUT2D eigenvalue weighted by Gasteiger charge is -2.34. The largest absolute Gasteiger partial charge is 0.369 e. The van der Waals surface area contributed by atoms with E-state index in [1.54, 1.807) is 18.3 Å². The fourth-order valence-electron chi connectivity index (χ4n) is 4.10. The Labute approximate surface area is 148 Å². The third-order valence-electron chi connectivity index (χ3n) is 5.50. The second-order valence-corrected chi connectivity index (χ2v) is 8.89. The molecule has 2 heterocycles. The summed E-state index contributed by atoms with van der Waals surface area (Å²) in [4.78, 5) is 2.56. The molecule has 1 saturated carbocycles. The predicted octanol–water partition coefficient (Wildman–Crippen LogP) is 2.12. The van der Waals surface area contributed by atoms with E-state index in [1.165, 1.54) is 4.31 Å². The van der Waals surface area contributed by atoms with Crippen LogP contribution in [-0.4, -0.2) is 51.1 Å². The monoisotopic (exact) mass is 365 g/mol. The first kappa shape index (κ1) is 16.8. The highest BCUT2D eigenvalue weighted by Crippen LogP contribution is 2.38. The minimum Gasteiger partial charge on any atom is -0.369 e. The van der Waals surface area contributed by atoms with E-state index in [2.05, 4.69) is 10.2 Å². The van der Waals surface area contributed by atoms with Crippen molar-refractivity contribution in [3.63, 3.8) is 0 Å². The van der Waals surface area contributed by atoms with E-state index >= 15 is 0 Å². The van der Waals surface area contributed by atoms with E-state index in [0.29, 0.717) is 24.2 Å². The number of alkyl halides is 1. The summed E-state index contributed by atoms with van der Waals surface area (Å²) in [5.41, 5.74) is 1.05. The second kappa shape index (κ2) is 6.61. The Morgan fingerprint density at radius 3 is 2.52 bits per heavy atom. The molecular formula is C18H24FN3O2S. The molecule has 1 N–H and O–H groups in total. The molecule has 2 fully saturated rings. The van der Waals surface area contributed by atoms with Gasteiger partial charge in [-0.05, 0) is 43.5 Å². The van der Waals surface area contributed by atoms with Crippen LogP contribution in [0.4, 0.5) is 10.1 Å². The molecule has 136 valence electrons. The van der Waals surface area contributed by atoms with Gasteiger partial charge in [-0.1, -0.05) is 6.08 Å². The lowest BCUT2D eigenvalue weighted by molar-refractivity contribution is 0.173. The highest BCUT2D eigenvalue weighted by Gasteiger charge is 2.40. The number of rotatable bonds is 3. The lowest BCUT2D eigenvalue weighted by atomic mass is 9.85. The highest BCUT2D eigenvalue weighted by atomic mass is 32.2. The van der Waals surface area contributed by atoms with E-state index in [9.17, 15) is 12.8 Å². The lowest BCUT2D eigenvalue weighted by Crippen LogP contribution is -2.43. The van der Waals surface area contributed by atoms with Crippen LogP contribution in [0.5, 0.6) is 0 Å². The third-order valence-corrected chi connectivity index (χ3v) is 7.31. The van der Waals surface area contributed by atoms with Crippen LogP contribution in [-0.2, 0) is 10.0 Å². The van der Waals surface area contributed by atoms with Crippen molar-refractivity contribution in [2.75, 3.05) is 31.1 Å². The maximum Gasteiger partial charge on any atom is 0.264 e. The molecule has 25 heavy (non-hydrogen) atoms. The number of hydrogen-bond acceptors (Lipinski definition) is 4. The first-order valence-corrected chi connectivity index (χ1v) is 10.4. The van der Waals surface area contributed by atoms with Crippen molar-refractivity contribution in [2.24, 2.45) is 5.92 Å². The first-order chi connectivity index (χ1) is 12.1. The fourth-order valence-corrected chi connectivity index (χ4v) is 5.67. The summed E-state index contributed by atoms with van der Waals surface area (Å²) in [5, 5.41) is 3.31. The molecule has 1 aliphatic carbocycles. The quantitative estimate of drug-likeness (QED) is 0.892. The fraction of sp³-hybridized carbons (Fsp3) is 0.556. The average molecular weight is 365 g/mol. The van der Waals surface area contributed by atoms with Crippen LogP contribution in [0, 0.1) is 5.92 Å². The Morgan fingerprint density at radius 1 is 1.08 bits per heavy atom. The number of benzene rings is 1. The van der Waals surface area contributed by atoms with Crippen LogP contribution in [0.2, 0.25) is 0 Å². The third kappa shape index (κ3) is 3.15. The number of nitrogens with zero attached hydrogens (tertiary/aromatic N) is 2. The molecule has 2 aliphatic heterocycles. The molecule has 0 radical (unpaired) electrons. The topological polar surface area (TPSA) is 52.7 Å². The molecule has 0 aromatic heterocycles. The zero-order valence-corrected chi connectivity index (χ0v) is 15.0. The van der Waals surface area contributed by atoms with E-state index < -0.39 is 16.2 Å². The summed E-state index contributed by atoms with van der Waals surface area (Å²) in [6.45, 7) is 3.73. The maximum atomic E-state index is 13.6. The zero-order valence-electron chi connectivity index (χ0n) is 14.1. The summed E-state index contributed by atoms with van der Waals surface area (Å²) in [6, 6.07) is 7.01. The van der Waals surface area contributed by atoms with Gasteiger partial charge in [-0.2, -0.15) is 0 Å². The van der Waals surface area contributed by atoms with Gasteiger partial charge < -0.3 is 10.2 Å². The molecule has 3 atom stereocenters. The number of nitrogens with one attached hydrogen (secondary N) is 1. The average Bonchev–Trinajstić information content (AvgIpc) is 3.06. The normalized spacial score (nSPS) is 29.7. The number of piperazine rings is 1. The second-order valence-electron chi connectivity index (χ2n) is 7.05. The molecule has 7 heteroatoms. The van der Waals surface area contributed by atoms with Crippen LogP contribution in [0.15, 0.2) is 41.4 Å². The van der Waals surface area contributed by atoms with E-state index in [0.717, 1.165) is 31.9 Å². The molecule has 3 unspecified atom stereocenters. The summed E-state index contributed by atoms with van der Waals surface area (Å²) < 4.78 is 41.1. The number of hydrogen-bond donors (Lipinski definition) is 1. The molecule has 0 spiro atoms. The molecule has 0 bridgehead atoms. The standard InChI is InChI=1S/C18H24FN3O2S/c19-15-1-6-18-14(13-15)7-10-22(18)25(23,24)17-4-2-16(3-5-17)21-11-8-20-9-12-21/h2-5,7,10,14-15,18,20H,1,6,8-9,11-13H2. The maximum absolute atomic E-state index is 13.6. The Morgan fingerprint density at radius 2 is 1.80 bits per heavy atom. The predicted molar refractivity (Wildman–Crippen MR) is 95.7 cm³/mol. The minimum atomic E-state index is -3.58. The van der Waals surface area contributed by atoms with E-state index in [4.69, 9.17) is 0 Å². The molecule has 5 nitrogen and oxygen atoms in total. The van der Waals surface area contributed by atoms with Gasteiger partial charge >= 0.3 is 0 Å². The minimum absolute atomic E-state index is 0.00125. The molecule has 1 saturated heterocycles. The van der Waals surface area contributed by atoms with Crippen molar-refractivity contribution in [2.45, 2.75) is 36.4 Å². The van der Waals surface area contributed by atoms with Crippen molar-refractivity contribution in [3.05, 3.63) is 36.5 Å². The van der Waals surface area contributed by atoms with Crippen molar-refractivity contribution in [3.8, 4) is 0 Å². The molecule has 1 aromatic rings. The molecule has 0 amide bonds. The molecular weight excluding hydrogens is 341 g/mol. The van der Waals surface area contributed by atoms with Crippen molar-refractivity contribution >= 4 is 15.7 Å². The van der Waals surface area contributed by atoms with Gasteiger partial charge in [0.15, 0.2) is 0 Å². The Kier molecular flexibility index (Phi) is 4.45. The first-order valence-electron chi connectivity index (χ1n) is 8.97. The molecule has 4 rings (SSSR count). The Hall–Kier alpha value is -1.60. The van der Waals surface area contributed by atoms with Gasteiger partial charge in [0.05, 0.1) is 10.9 Å². The number of fused-ring (bicyclic) bond motifs is 1. The number of halogens is 1. The van der Waals surface area contributed by atoms with Gasteiger partial charge in [0.25, 0.3) is 10.0 Å². The van der Waals surface area contributed by atoms with Crippen molar-refractivity contribution in [1.29, 1.82) is 0 Å². The smallest absolute Gasteiger partial charge is 0.264 e. The van der Waals surface area contributed by atoms with Gasteiger partial charge in [-0.25, -0.2) is 12.8 Å². The van der Waals surface area contributed by atoms with Gasteiger partial charge in [0.2, 0.25) is 0 Å². The highest BCUT2D eigenvalue weighted by molar-refractivity contribution is 7.89. The van der Waals surface area contributed by atoms with Gasteiger partial charge in [0, 0.05) is 44.0 Å². The van der Waals surface area contributed by atoms with Gasteiger partial charge in [-0.15, -0.1) is 0 Å². The van der Waals surface area contributed by atoms with Crippen LogP contribution < -0.4 is 10.2 Å². The van der Waals surface area contributed by atoms with Crippen molar-refractivity contribution < 1.29 is 12.8 Å². The number of sulfonamides is 1. The van der Waals surface area contributed by atoms with Crippen LogP contribution in [0.3, 0.4) is 0 Å². The SMILES string of the molecule is O=S(=O)(c1ccc(N2CCNCC2)cc1)N1C=CC2CC(F)CCC21. The van der Waals surface area contributed by atoms with Gasteiger partial charge in [0.1, 0.15) is 6.17 Å². The summed E-state index contributed by atoms with van der Waals surface area (Å²) >= 11 is 0. The molecule has 1 aromatic carbocycles. The summed E-state index contributed by atoms with van der Waals surface area (Å²) in [5.74, 6) is -0.00125. The van der Waals surface area contributed by atoms with Crippen LogP contribution in [0.25, 0.3) is 0 Å². The van der Waals surface area contributed by atoms with Crippen molar-refractivity contribution in [1.82, 2.24) is 9.62 Å². The summed E-state index contributed by atoms with van der Waals surface area (Å²) in [6.07, 6.45) is 4.12. The van der Waals surface area contributed by atoms with E-state index in [-0.39, 0.29) is 12.0 Å². The number of anilines is 1. The summed E-state index contributed by atoms with van der Waals surface area (Å²) in [7, 11) is -3.58. The Balaban J connectivity index is 1.53. The van der Waals surface area contributed by atoms with Crippen LogP contribution in [0.1, 0.15) is 19.3 Å². The zero-order chi connectivity index (χ0) is 17.4. The van der Waals surface area contributed by atoms with Crippen LogP contribution >= 0.6 is 0 Å².